The molecule has 124 valence electrons. The molecule has 0 unspecified atom stereocenters. The summed E-state index contributed by atoms with van der Waals surface area (Å²) in [5.74, 6) is -0.285. The molecule has 0 spiro atoms. The van der Waals surface area contributed by atoms with Gasteiger partial charge in [-0.1, -0.05) is 29.3 Å². The predicted octanol–water partition coefficient (Wildman–Crippen LogP) is 4.36. The van der Waals surface area contributed by atoms with Gasteiger partial charge >= 0.3 is 6.61 Å². The van der Waals surface area contributed by atoms with Crippen LogP contribution in [0.3, 0.4) is 0 Å². The van der Waals surface area contributed by atoms with E-state index < -0.39 is 16.6 Å². The van der Waals surface area contributed by atoms with Crippen LogP contribution in [0, 0.1) is 13.8 Å². The molecule has 23 heavy (non-hydrogen) atoms. The average Bonchev–Trinajstić information content (AvgIpc) is 2.43. The number of hydrogen-bond donors (Lipinski definition) is 1. The number of alkyl halides is 2. The summed E-state index contributed by atoms with van der Waals surface area (Å²) in [4.78, 5) is -0.149. The van der Waals surface area contributed by atoms with Gasteiger partial charge in [-0.25, -0.2) is 8.42 Å². The Hall–Kier alpha value is -1.86. The van der Waals surface area contributed by atoms with Crippen molar-refractivity contribution >= 4 is 27.3 Å². The minimum atomic E-state index is -3.89. The third kappa shape index (κ3) is 4.33. The van der Waals surface area contributed by atoms with E-state index in [0.717, 1.165) is 29.3 Å². The van der Waals surface area contributed by atoms with E-state index in [1.165, 1.54) is 0 Å². The number of nitrogens with one attached hydrogen (secondary N) is 1. The summed E-state index contributed by atoms with van der Waals surface area (Å²) in [6.45, 7) is 0.632. The molecule has 8 heteroatoms. The van der Waals surface area contributed by atoms with Gasteiger partial charge in [-0.3, -0.25) is 4.72 Å². The van der Waals surface area contributed by atoms with Gasteiger partial charge < -0.3 is 4.74 Å². The molecule has 1 N–H and O–H groups in total. The van der Waals surface area contributed by atoms with E-state index in [0.29, 0.717) is 5.69 Å². The third-order valence-corrected chi connectivity index (χ3v) is 4.71. The van der Waals surface area contributed by atoms with Gasteiger partial charge in [-0.05, 0) is 43.7 Å². The van der Waals surface area contributed by atoms with Gasteiger partial charge in [-0.15, -0.1) is 0 Å². The summed E-state index contributed by atoms with van der Waals surface area (Å²) in [6.07, 6.45) is 0. The third-order valence-electron chi connectivity index (χ3n) is 3.06. The number of hydrogen-bond acceptors (Lipinski definition) is 3. The van der Waals surface area contributed by atoms with Gasteiger partial charge in [0.2, 0.25) is 0 Å². The Morgan fingerprint density at radius 3 is 2.39 bits per heavy atom. The number of rotatable bonds is 5. The van der Waals surface area contributed by atoms with E-state index in [9.17, 15) is 17.2 Å². The second-order valence-corrected chi connectivity index (χ2v) is 6.98. The molecule has 0 aliphatic heterocycles. The highest BCUT2D eigenvalue weighted by Gasteiger charge is 2.18. The molecule has 4 nitrogen and oxygen atoms in total. The molecular weight excluding hydrogens is 348 g/mol. The van der Waals surface area contributed by atoms with Crippen molar-refractivity contribution in [2.75, 3.05) is 4.72 Å². The second kappa shape index (κ2) is 6.72. The molecule has 0 bridgehead atoms. The molecule has 0 saturated carbocycles. The summed E-state index contributed by atoms with van der Waals surface area (Å²) in [7, 11) is -3.89. The Balaban J connectivity index is 2.31. The lowest BCUT2D eigenvalue weighted by Crippen LogP contribution is -2.14. The smallest absolute Gasteiger partial charge is 0.387 e. The van der Waals surface area contributed by atoms with E-state index in [4.69, 9.17) is 11.6 Å². The van der Waals surface area contributed by atoms with Crippen molar-refractivity contribution in [3.8, 4) is 5.75 Å². The van der Waals surface area contributed by atoms with E-state index in [2.05, 4.69) is 9.46 Å². The maximum absolute atomic E-state index is 12.4. The lowest BCUT2D eigenvalue weighted by molar-refractivity contribution is -0.0498. The van der Waals surface area contributed by atoms with Crippen molar-refractivity contribution < 1.29 is 21.9 Å². The van der Waals surface area contributed by atoms with Crippen LogP contribution in [0.4, 0.5) is 14.5 Å². The molecule has 2 rings (SSSR count). The largest absolute Gasteiger partial charge is 0.433 e. The van der Waals surface area contributed by atoms with Crippen molar-refractivity contribution in [2.24, 2.45) is 0 Å². The number of halogens is 3. The molecule has 0 aromatic heterocycles. The van der Waals surface area contributed by atoms with Gasteiger partial charge in [0, 0.05) is 0 Å². The highest BCUT2D eigenvalue weighted by atomic mass is 35.5. The summed E-state index contributed by atoms with van der Waals surface area (Å²) in [5.41, 5.74) is 2.19. The Morgan fingerprint density at radius 2 is 1.83 bits per heavy atom. The van der Waals surface area contributed by atoms with E-state index in [1.807, 2.05) is 13.0 Å². The van der Waals surface area contributed by atoms with Gasteiger partial charge in [-0.2, -0.15) is 8.78 Å². The molecule has 0 aliphatic rings. The summed E-state index contributed by atoms with van der Waals surface area (Å²) in [6, 6.07) is 8.56. The fourth-order valence-corrected chi connectivity index (χ4v) is 3.42. The number of sulfonamides is 1. The minimum absolute atomic E-state index is 0.149. The Labute approximate surface area is 138 Å². The van der Waals surface area contributed by atoms with Gasteiger partial charge in [0.05, 0.1) is 15.6 Å². The minimum Gasteiger partial charge on any atom is -0.433 e. The van der Waals surface area contributed by atoms with E-state index >= 15 is 0 Å². The van der Waals surface area contributed by atoms with E-state index in [-0.39, 0.29) is 15.7 Å². The normalized spacial score (nSPS) is 11.6. The fraction of sp³-hybridized carbons (Fsp3) is 0.200. The van der Waals surface area contributed by atoms with Crippen molar-refractivity contribution in [3.05, 3.63) is 52.5 Å². The van der Waals surface area contributed by atoms with Crippen LogP contribution >= 0.6 is 11.6 Å². The maximum Gasteiger partial charge on any atom is 0.387 e. The Kier molecular flexibility index (Phi) is 5.11. The average molecular weight is 362 g/mol. The van der Waals surface area contributed by atoms with Crippen molar-refractivity contribution in [2.45, 2.75) is 25.4 Å². The first-order chi connectivity index (χ1) is 10.7. The first-order valence-corrected chi connectivity index (χ1v) is 8.39. The van der Waals surface area contributed by atoms with Gasteiger partial charge in [0.15, 0.2) is 0 Å². The maximum atomic E-state index is 12.4. The van der Waals surface area contributed by atoms with Crippen LogP contribution in [0.25, 0.3) is 0 Å². The molecule has 2 aromatic rings. The SMILES string of the molecule is Cc1ccc(NS(=O)(=O)c2ccc(OC(F)F)c(Cl)c2)c(C)c1. The van der Waals surface area contributed by atoms with Crippen LogP contribution in [0.2, 0.25) is 5.02 Å². The summed E-state index contributed by atoms with van der Waals surface area (Å²) < 4.78 is 55.7. The molecule has 0 amide bonds. The van der Waals surface area contributed by atoms with Crippen LogP contribution in [-0.4, -0.2) is 15.0 Å². The fourth-order valence-electron chi connectivity index (χ4n) is 1.97. The number of anilines is 1. The molecule has 2 aromatic carbocycles. The van der Waals surface area contributed by atoms with Crippen LogP contribution in [0.15, 0.2) is 41.3 Å². The van der Waals surface area contributed by atoms with Crippen LogP contribution < -0.4 is 9.46 Å². The molecule has 0 saturated heterocycles. The standard InChI is InChI=1S/C15H14ClF2NO3S/c1-9-3-5-13(10(2)7-9)19-23(20,21)11-4-6-14(12(16)8-11)22-15(17)18/h3-8,15,19H,1-2H3. The first kappa shape index (κ1) is 17.5. The quantitative estimate of drug-likeness (QED) is 0.860. The molecule has 0 heterocycles. The van der Waals surface area contributed by atoms with Crippen molar-refractivity contribution in [3.63, 3.8) is 0 Å². The lowest BCUT2D eigenvalue weighted by atomic mass is 10.1. The Bertz CT molecular complexity index is 825. The Morgan fingerprint density at radius 1 is 1.13 bits per heavy atom. The zero-order chi connectivity index (χ0) is 17.2. The molecular formula is C15H14ClF2NO3S. The summed E-state index contributed by atoms with van der Waals surface area (Å²) in [5, 5.41) is -0.214. The number of benzene rings is 2. The van der Waals surface area contributed by atoms with Crippen LogP contribution in [0.1, 0.15) is 11.1 Å². The summed E-state index contributed by atoms with van der Waals surface area (Å²) >= 11 is 5.78. The zero-order valence-electron chi connectivity index (χ0n) is 12.3. The lowest BCUT2D eigenvalue weighted by Gasteiger charge is -2.12. The molecule has 0 aliphatic carbocycles. The first-order valence-electron chi connectivity index (χ1n) is 6.53. The van der Waals surface area contributed by atoms with Gasteiger partial charge in [0.1, 0.15) is 5.75 Å². The molecule has 0 atom stereocenters. The van der Waals surface area contributed by atoms with Crippen molar-refractivity contribution in [1.82, 2.24) is 0 Å². The highest BCUT2D eigenvalue weighted by Crippen LogP contribution is 2.29. The number of ether oxygens (including phenoxy) is 1. The van der Waals surface area contributed by atoms with E-state index in [1.54, 1.807) is 19.1 Å². The topological polar surface area (TPSA) is 55.4 Å². The van der Waals surface area contributed by atoms with Crippen LogP contribution in [-0.2, 0) is 10.0 Å². The monoisotopic (exact) mass is 361 g/mol. The second-order valence-electron chi connectivity index (χ2n) is 4.89. The highest BCUT2D eigenvalue weighted by molar-refractivity contribution is 7.92. The zero-order valence-corrected chi connectivity index (χ0v) is 13.9. The predicted molar refractivity (Wildman–Crippen MR) is 84.8 cm³/mol. The van der Waals surface area contributed by atoms with Crippen LogP contribution in [0.5, 0.6) is 5.75 Å². The number of aryl methyl sites for hydroxylation is 2. The van der Waals surface area contributed by atoms with Crippen molar-refractivity contribution in [1.29, 1.82) is 0 Å². The molecule has 0 fully saturated rings. The van der Waals surface area contributed by atoms with Gasteiger partial charge in [0.25, 0.3) is 10.0 Å². The molecule has 0 radical (unpaired) electrons.